The first-order valence-electron chi connectivity index (χ1n) is 12.1. The van der Waals surface area contributed by atoms with E-state index in [0.717, 1.165) is 24.3 Å². The van der Waals surface area contributed by atoms with E-state index in [1.807, 2.05) is 25.1 Å². The van der Waals surface area contributed by atoms with Crippen LogP contribution in [0.15, 0.2) is 36.4 Å². The van der Waals surface area contributed by atoms with E-state index in [4.69, 9.17) is 14.2 Å². The minimum absolute atomic E-state index is 0.266. The van der Waals surface area contributed by atoms with Gasteiger partial charge < -0.3 is 29.7 Å². The summed E-state index contributed by atoms with van der Waals surface area (Å²) < 4.78 is 15.7. The van der Waals surface area contributed by atoms with Crippen molar-refractivity contribution in [2.24, 2.45) is 5.92 Å². The first kappa shape index (κ1) is 26.8. The molecular formula is C27H35N3O6. The average Bonchev–Trinajstić information content (AvgIpc) is 3.41. The van der Waals surface area contributed by atoms with Gasteiger partial charge in [-0.25, -0.2) is 4.79 Å². The Morgan fingerprint density at radius 3 is 2.17 bits per heavy atom. The lowest BCUT2D eigenvalue weighted by molar-refractivity contribution is -0.150. The van der Waals surface area contributed by atoms with Gasteiger partial charge in [-0.05, 0) is 61.6 Å². The Balaban J connectivity index is 1.58. The van der Waals surface area contributed by atoms with Gasteiger partial charge in [0.25, 0.3) is 11.8 Å². The van der Waals surface area contributed by atoms with Crippen LogP contribution >= 0.6 is 0 Å². The molecule has 1 heterocycles. The normalized spacial score (nSPS) is 13.8. The molecule has 1 aliphatic heterocycles. The van der Waals surface area contributed by atoms with E-state index in [9.17, 15) is 14.4 Å². The molecule has 2 amide bonds. The van der Waals surface area contributed by atoms with Gasteiger partial charge in [0.2, 0.25) is 0 Å². The zero-order valence-electron chi connectivity index (χ0n) is 21.6. The van der Waals surface area contributed by atoms with Crippen LogP contribution in [0.25, 0.3) is 0 Å². The number of hydrogen-bond donors (Lipinski definition) is 2. The van der Waals surface area contributed by atoms with Crippen molar-refractivity contribution in [3.63, 3.8) is 0 Å². The summed E-state index contributed by atoms with van der Waals surface area (Å²) in [4.78, 5) is 40.4. The number of aryl methyl sites for hydroxylation is 1. The molecule has 1 saturated heterocycles. The maximum atomic E-state index is 12.8. The summed E-state index contributed by atoms with van der Waals surface area (Å²) in [5.74, 6) is -0.998. The largest absolute Gasteiger partial charge is 0.497 e. The number of hydrogen-bond acceptors (Lipinski definition) is 7. The highest BCUT2D eigenvalue weighted by Crippen LogP contribution is 2.26. The fraction of sp³-hybridized carbons (Fsp3) is 0.444. The second-order valence-electron chi connectivity index (χ2n) is 9.15. The lowest BCUT2D eigenvalue weighted by Crippen LogP contribution is -2.46. The SMILES string of the molecule is COc1cc(OC)cc(C(=O)N[C@H](C(=O)OCC(=O)Nc2ccc(N3CCCC3)cc2C)C(C)C)c1. The molecular weight excluding hydrogens is 462 g/mol. The number of ether oxygens (including phenoxy) is 3. The molecule has 1 atom stereocenters. The number of carbonyl (C=O) groups excluding carboxylic acids is 3. The zero-order valence-corrected chi connectivity index (χ0v) is 21.6. The van der Waals surface area contributed by atoms with Gasteiger partial charge in [0, 0.05) is 36.1 Å². The molecule has 0 saturated carbocycles. The molecule has 0 spiro atoms. The summed E-state index contributed by atoms with van der Waals surface area (Å²) in [5.41, 5.74) is 3.01. The molecule has 1 aliphatic rings. The number of nitrogens with zero attached hydrogens (tertiary/aromatic N) is 1. The number of nitrogens with one attached hydrogen (secondary N) is 2. The Hall–Kier alpha value is -3.75. The van der Waals surface area contributed by atoms with Gasteiger partial charge in [-0.1, -0.05) is 13.8 Å². The van der Waals surface area contributed by atoms with Gasteiger partial charge in [-0.3, -0.25) is 9.59 Å². The molecule has 0 unspecified atom stereocenters. The van der Waals surface area contributed by atoms with Crippen molar-refractivity contribution in [3.8, 4) is 11.5 Å². The van der Waals surface area contributed by atoms with Crippen molar-refractivity contribution in [1.29, 1.82) is 0 Å². The number of benzene rings is 2. The van der Waals surface area contributed by atoms with Crippen molar-refractivity contribution in [2.45, 2.75) is 39.7 Å². The van der Waals surface area contributed by atoms with E-state index in [-0.39, 0.29) is 11.5 Å². The van der Waals surface area contributed by atoms with Crippen molar-refractivity contribution >= 4 is 29.2 Å². The monoisotopic (exact) mass is 497 g/mol. The standard InChI is InChI=1S/C27H35N3O6/c1-17(2)25(29-26(32)19-13-21(34-4)15-22(14-19)35-5)27(33)36-16-24(31)28-23-9-8-20(12-18(23)3)30-10-6-7-11-30/h8-9,12-15,17,25H,6-7,10-11,16H2,1-5H3,(H,28,31)(H,29,32)/t25-/m0/s1. The molecule has 0 aliphatic carbocycles. The third-order valence-electron chi connectivity index (χ3n) is 6.12. The van der Waals surface area contributed by atoms with Crippen LogP contribution < -0.4 is 25.0 Å². The lowest BCUT2D eigenvalue weighted by Gasteiger charge is -2.21. The highest BCUT2D eigenvalue weighted by Gasteiger charge is 2.27. The molecule has 1 fully saturated rings. The Morgan fingerprint density at radius 1 is 0.972 bits per heavy atom. The Bertz CT molecular complexity index is 1070. The number of amides is 2. The van der Waals surface area contributed by atoms with E-state index in [1.54, 1.807) is 32.0 Å². The third-order valence-corrected chi connectivity index (χ3v) is 6.12. The van der Waals surface area contributed by atoms with Gasteiger partial charge in [-0.2, -0.15) is 0 Å². The number of rotatable bonds is 10. The van der Waals surface area contributed by atoms with Crippen LogP contribution in [0.2, 0.25) is 0 Å². The molecule has 0 aromatic heterocycles. The van der Waals surface area contributed by atoms with Crippen LogP contribution in [0.4, 0.5) is 11.4 Å². The fourth-order valence-corrected chi connectivity index (χ4v) is 4.03. The summed E-state index contributed by atoms with van der Waals surface area (Å²) in [6.07, 6.45) is 2.38. The predicted molar refractivity (Wildman–Crippen MR) is 138 cm³/mol. The van der Waals surface area contributed by atoms with Crippen LogP contribution in [-0.4, -0.2) is 57.7 Å². The maximum absolute atomic E-state index is 12.8. The lowest BCUT2D eigenvalue weighted by atomic mass is 10.0. The molecule has 2 aromatic carbocycles. The van der Waals surface area contributed by atoms with Gasteiger partial charge >= 0.3 is 5.97 Å². The van der Waals surface area contributed by atoms with Gasteiger partial charge in [0.15, 0.2) is 6.61 Å². The third kappa shape index (κ3) is 6.90. The second kappa shape index (κ2) is 12.3. The summed E-state index contributed by atoms with van der Waals surface area (Å²) in [6, 6.07) is 9.69. The first-order chi connectivity index (χ1) is 17.2. The van der Waals surface area contributed by atoms with Crippen LogP contribution in [-0.2, 0) is 14.3 Å². The number of esters is 1. The molecule has 9 heteroatoms. The van der Waals surface area contributed by atoms with E-state index < -0.39 is 30.4 Å². The molecule has 194 valence electrons. The second-order valence-corrected chi connectivity index (χ2v) is 9.15. The topological polar surface area (TPSA) is 106 Å². The Morgan fingerprint density at radius 2 is 1.61 bits per heavy atom. The first-order valence-corrected chi connectivity index (χ1v) is 12.1. The fourth-order valence-electron chi connectivity index (χ4n) is 4.03. The van der Waals surface area contributed by atoms with Crippen molar-refractivity contribution in [3.05, 3.63) is 47.5 Å². The van der Waals surface area contributed by atoms with Crippen LogP contribution in [0.5, 0.6) is 11.5 Å². The molecule has 9 nitrogen and oxygen atoms in total. The van der Waals surface area contributed by atoms with Crippen molar-refractivity contribution in [2.75, 3.05) is 44.1 Å². The maximum Gasteiger partial charge on any atom is 0.329 e. The van der Waals surface area contributed by atoms with Crippen LogP contribution in [0.3, 0.4) is 0 Å². The molecule has 36 heavy (non-hydrogen) atoms. The highest BCUT2D eigenvalue weighted by atomic mass is 16.5. The van der Waals surface area contributed by atoms with Gasteiger partial charge in [0.1, 0.15) is 17.5 Å². The summed E-state index contributed by atoms with van der Waals surface area (Å²) in [6.45, 7) is 7.12. The van der Waals surface area contributed by atoms with Crippen molar-refractivity contribution < 1.29 is 28.6 Å². The van der Waals surface area contributed by atoms with Crippen molar-refractivity contribution in [1.82, 2.24) is 5.32 Å². The summed E-state index contributed by atoms with van der Waals surface area (Å²) in [5, 5.41) is 5.48. The predicted octanol–water partition coefficient (Wildman–Crippen LogP) is 3.55. The molecule has 2 aromatic rings. The number of carbonyl (C=O) groups is 3. The Kier molecular flexibility index (Phi) is 9.16. The Labute approximate surface area is 212 Å². The van der Waals surface area contributed by atoms with Crippen LogP contribution in [0.1, 0.15) is 42.6 Å². The van der Waals surface area contributed by atoms with Crippen LogP contribution in [0, 0.1) is 12.8 Å². The molecule has 3 rings (SSSR count). The van der Waals surface area contributed by atoms with E-state index in [0.29, 0.717) is 17.2 Å². The molecule has 0 radical (unpaired) electrons. The van der Waals surface area contributed by atoms with E-state index in [2.05, 4.69) is 15.5 Å². The molecule has 0 bridgehead atoms. The summed E-state index contributed by atoms with van der Waals surface area (Å²) >= 11 is 0. The number of methoxy groups -OCH3 is 2. The quantitative estimate of drug-likeness (QED) is 0.484. The smallest absolute Gasteiger partial charge is 0.329 e. The average molecular weight is 498 g/mol. The van der Waals surface area contributed by atoms with E-state index >= 15 is 0 Å². The minimum Gasteiger partial charge on any atom is -0.497 e. The summed E-state index contributed by atoms with van der Waals surface area (Å²) in [7, 11) is 2.97. The molecule has 2 N–H and O–H groups in total. The zero-order chi connectivity index (χ0) is 26.2. The van der Waals surface area contributed by atoms with Gasteiger partial charge in [0.05, 0.1) is 14.2 Å². The minimum atomic E-state index is -0.941. The van der Waals surface area contributed by atoms with E-state index in [1.165, 1.54) is 27.1 Å². The van der Waals surface area contributed by atoms with Gasteiger partial charge in [-0.15, -0.1) is 0 Å². The highest BCUT2D eigenvalue weighted by molar-refractivity contribution is 5.98. The number of anilines is 2.